The quantitative estimate of drug-likeness (QED) is 0.864. The van der Waals surface area contributed by atoms with Gasteiger partial charge in [0.1, 0.15) is 5.03 Å². The van der Waals surface area contributed by atoms with Crippen LogP contribution in [0.3, 0.4) is 0 Å². The minimum Gasteiger partial charge on any atom is -0.354 e. The molecule has 0 aliphatic carbocycles. The third-order valence-electron chi connectivity index (χ3n) is 1.82. The summed E-state index contributed by atoms with van der Waals surface area (Å²) in [6, 6.07) is 3.42. The molecule has 0 fully saturated rings. The summed E-state index contributed by atoms with van der Waals surface area (Å²) in [6.45, 7) is 0.591. The van der Waals surface area contributed by atoms with Gasteiger partial charge in [0, 0.05) is 17.3 Å². The monoisotopic (exact) mass is 262 g/mol. The highest BCUT2D eigenvalue weighted by molar-refractivity contribution is 7.99. The van der Waals surface area contributed by atoms with Crippen molar-refractivity contribution in [3.63, 3.8) is 0 Å². The van der Waals surface area contributed by atoms with Gasteiger partial charge in [0.25, 0.3) is 0 Å². The standard InChI is InChI=1S/C9H8Cl2N2OS/c10-5-3-6-8(7(11)4-5)14-13-9(6)15-2-1-12/h3-4H,1-2,12H2. The number of thioether (sulfide) groups is 1. The number of hydrogen-bond donors (Lipinski definition) is 1. The maximum Gasteiger partial charge on any atom is 0.186 e. The zero-order valence-electron chi connectivity index (χ0n) is 7.67. The summed E-state index contributed by atoms with van der Waals surface area (Å²) in [4.78, 5) is 0. The molecule has 2 N–H and O–H groups in total. The Labute approximate surface area is 101 Å². The lowest BCUT2D eigenvalue weighted by atomic mass is 10.3. The smallest absolute Gasteiger partial charge is 0.186 e. The number of benzene rings is 1. The average molecular weight is 263 g/mol. The second-order valence-electron chi connectivity index (χ2n) is 2.89. The van der Waals surface area contributed by atoms with Crippen molar-refractivity contribution in [3.8, 4) is 0 Å². The second-order valence-corrected chi connectivity index (χ2v) is 4.82. The van der Waals surface area contributed by atoms with Gasteiger partial charge in [-0.25, -0.2) is 0 Å². The number of fused-ring (bicyclic) bond motifs is 1. The van der Waals surface area contributed by atoms with E-state index in [9.17, 15) is 0 Å². The van der Waals surface area contributed by atoms with E-state index in [1.54, 1.807) is 12.1 Å². The van der Waals surface area contributed by atoms with Gasteiger partial charge in [-0.05, 0) is 12.1 Å². The Kier molecular flexibility index (Phi) is 3.41. The average Bonchev–Trinajstić information content (AvgIpc) is 2.58. The lowest BCUT2D eigenvalue weighted by Crippen LogP contribution is -2.00. The third kappa shape index (κ3) is 2.23. The molecule has 1 heterocycles. The third-order valence-corrected chi connectivity index (χ3v) is 3.32. The highest BCUT2D eigenvalue weighted by Crippen LogP contribution is 2.33. The first-order chi connectivity index (χ1) is 7.22. The van der Waals surface area contributed by atoms with Crippen molar-refractivity contribution in [1.29, 1.82) is 0 Å². The maximum absolute atomic E-state index is 5.96. The van der Waals surface area contributed by atoms with Crippen molar-refractivity contribution >= 4 is 45.9 Å². The van der Waals surface area contributed by atoms with Crippen LogP contribution < -0.4 is 5.73 Å². The molecule has 0 spiro atoms. The summed E-state index contributed by atoms with van der Waals surface area (Å²) in [7, 11) is 0. The molecule has 0 radical (unpaired) electrons. The van der Waals surface area contributed by atoms with Gasteiger partial charge in [0.05, 0.1) is 10.4 Å². The largest absolute Gasteiger partial charge is 0.354 e. The van der Waals surface area contributed by atoms with Crippen LogP contribution in [0, 0.1) is 0 Å². The Balaban J connectivity index is 2.49. The van der Waals surface area contributed by atoms with Crippen molar-refractivity contribution < 1.29 is 4.52 Å². The van der Waals surface area contributed by atoms with E-state index in [0.29, 0.717) is 22.2 Å². The van der Waals surface area contributed by atoms with Gasteiger partial charge in [-0.2, -0.15) is 0 Å². The van der Waals surface area contributed by atoms with Crippen LogP contribution in [-0.4, -0.2) is 17.5 Å². The highest BCUT2D eigenvalue weighted by Gasteiger charge is 2.12. The van der Waals surface area contributed by atoms with Crippen LogP contribution in [0.2, 0.25) is 10.0 Å². The lowest BCUT2D eigenvalue weighted by molar-refractivity contribution is 0.437. The Bertz CT molecular complexity index is 486. The number of rotatable bonds is 3. The van der Waals surface area contributed by atoms with Crippen molar-refractivity contribution in [3.05, 3.63) is 22.2 Å². The summed E-state index contributed by atoms with van der Waals surface area (Å²) >= 11 is 13.4. The molecule has 1 aromatic carbocycles. The van der Waals surface area contributed by atoms with E-state index in [1.807, 2.05) is 0 Å². The van der Waals surface area contributed by atoms with E-state index in [0.717, 1.165) is 16.2 Å². The SMILES string of the molecule is NCCSc1noc2c(Cl)cc(Cl)cc12. The summed E-state index contributed by atoms with van der Waals surface area (Å²) < 4.78 is 5.13. The molecule has 2 rings (SSSR count). The Morgan fingerprint density at radius 1 is 1.40 bits per heavy atom. The molecule has 2 aromatic rings. The molecule has 0 saturated carbocycles. The molecule has 0 bridgehead atoms. The molecule has 0 aliphatic heterocycles. The Morgan fingerprint density at radius 2 is 2.20 bits per heavy atom. The molecule has 3 nitrogen and oxygen atoms in total. The molecule has 15 heavy (non-hydrogen) atoms. The summed E-state index contributed by atoms with van der Waals surface area (Å²) in [5.41, 5.74) is 5.99. The van der Waals surface area contributed by atoms with Crippen molar-refractivity contribution in [2.24, 2.45) is 5.73 Å². The lowest BCUT2D eigenvalue weighted by Gasteiger charge is -1.95. The van der Waals surface area contributed by atoms with Crippen LogP contribution in [0.4, 0.5) is 0 Å². The van der Waals surface area contributed by atoms with Gasteiger partial charge < -0.3 is 10.3 Å². The number of nitrogens with two attached hydrogens (primary N) is 1. The first-order valence-corrected chi connectivity index (χ1v) is 6.04. The summed E-state index contributed by atoms with van der Waals surface area (Å²) in [5, 5.41) is 6.59. The zero-order valence-corrected chi connectivity index (χ0v) is 9.99. The molecule has 80 valence electrons. The van der Waals surface area contributed by atoms with Crippen LogP contribution >= 0.6 is 35.0 Å². The van der Waals surface area contributed by atoms with Gasteiger partial charge in [-0.3, -0.25) is 0 Å². The van der Waals surface area contributed by atoms with Gasteiger partial charge in [-0.1, -0.05) is 28.4 Å². The minimum atomic E-state index is 0.476. The minimum absolute atomic E-state index is 0.476. The Hall–Kier alpha value is -0.420. The van der Waals surface area contributed by atoms with E-state index < -0.39 is 0 Å². The number of hydrogen-bond acceptors (Lipinski definition) is 4. The number of nitrogens with zero attached hydrogens (tertiary/aromatic N) is 1. The van der Waals surface area contributed by atoms with Gasteiger partial charge in [-0.15, -0.1) is 11.8 Å². The molecule has 0 saturated heterocycles. The fraction of sp³-hybridized carbons (Fsp3) is 0.222. The van der Waals surface area contributed by atoms with Crippen LogP contribution in [-0.2, 0) is 0 Å². The maximum atomic E-state index is 5.96. The topological polar surface area (TPSA) is 52.0 Å². The highest BCUT2D eigenvalue weighted by atomic mass is 35.5. The predicted molar refractivity (Wildman–Crippen MR) is 63.8 cm³/mol. The number of halogens is 2. The molecule has 6 heteroatoms. The second kappa shape index (κ2) is 4.61. The van der Waals surface area contributed by atoms with Gasteiger partial charge in [0.2, 0.25) is 0 Å². The van der Waals surface area contributed by atoms with E-state index in [2.05, 4.69) is 5.16 Å². The van der Waals surface area contributed by atoms with Crippen LogP contribution in [0.25, 0.3) is 11.0 Å². The molecule has 0 unspecified atom stereocenters. The normalized spacial score (nSPS) is 11.1. The molecule has 0 atom stereocenters. The van der Waals surface area contributed by atoms with E-state index in [1.165, 1.54) is 11.8 Å². The van der Waals surface area contributed by atoms with Crippen LogP contribution in [0.1, 0.15) is 0 Å². The van der Waals surface area contributed by atoms with Crippen molar-refractivity contribution in [2.45, 2.75) is 5.03 Å². The van der Waals surface area contributed by atoms with Crippen molar-refractivity contribution in [1.82, 2.24) is 5.16 Å². The summed E-state index contributed by atoms with van der Waals surface area (Å²) in [5.74, 6) is 0.783. The zero-order chi connectivity index (χ0) is 10.8. The Morgan fingerprint density at radius 3 is 2.93 bits per heavy atom. The van der Waals surface area contributed by atoms with Crippen molar-refractivity contribution in [2.75, 3.05) is 12.3 Å². The molecule has 0 amide bonds. The van der Waals surface area contributed by atoms with Crippen LogP contribution in [0.15, 0.2) is 21.7 Å². The van der Waals surface area contributed by atoms with E-state index >= 15 is 0 Å². The molecule has 1 aromatic heterocycles. The fourth-order valence-corrected chi connectivity index (χ4v) is 2.44. The summed E-state index contributed by atoms with van der Waals surface area (Å²) in [6.07, 6.45) is 0. The van der Waals surface area contributed by atoms with Crippen LogP contribution in [0.5, 0.6) is 0 Å². The molecular weight excluding hydrogens is 255 g/mol. The van der Waals surface area contributed by atoms with E-state index in [-0.39, 0.29) is 0 Å². The number of aromatic nitrogens is 1. The molecular formula is C9H8Cl2N2OS. The first-order valence-electron chi connectivity index (χ1n) is 4.29. The molecule has 0 aliphatic rings. The fourth-order valence-electron chi connectivity index (χ4n) is 1.21. The predicted octanol–water partition coefficient (Wildman–Crippen LogP) is 3.19. The van der Waals surface area contributed by atoms with Gasteiger partial charge in [0.15, 0.2) is 5.58 Å². The van der Waals surface area contributed by atoms with Gasteiger partial charge >= 0.3 is 0 Å². The first kappa shape index (κ1) is 11.1. The van der Waals surface area contributed by atoms with E-state index in [4.69, 9.17) is 33.5 Å².